The molecule has 9 heavy (non-hydrogen) atoms. The lowest BCUT2D eigenvalue weighted by molar-refractivity contribution is 0.327. The Morgan fingerprint density at radius 2 is 2.67 bits per heavy atom. The highest BCUT2D eigenvalue weighted by Gasteiger charge is 2.33. The molecule has 0 spiro atoms. The number of rotatable bonds is 0. The Labute approximate surface area is 52.4 Å². The van der Waals surface area contributed by atoms with Crippen LogP contribution in [0.25, 0.3) is 0 Å². The van der Waals surface area contributed by atoms with Crippen LogP contribution in [0.5, 0.6) is 0 Å². The number of oxime groups is 1. The van der Waals surface area contributed by atoms with Gasteiger partial charge in [0.25, 0.3) is 0 Å². The van der Waals surface area contributed by atoms with Crippen molar-refractivity contribution in [2.45, 2.75) is 0 Å². The standard InChI is InChI=1S/C5H7N3O/c6-5-3-1-7-2-4(3)8-9-5/h3,6-7H,1-2H2. The number of fused-ring (bicyclic) bond motifs is 1. The summed E-state index contributed by atoms with van der Waals surface area (Å²) in [6, 6.07) is 0. The van der Waals surface area contributed by atoms with Gasteiger partial charge in [-0.15, -0.1) is 0 Å². The quantitative estimate of drug-likeness (QED) is 0.461. The van der Waals surface area contributed by atoms with Crippen molar-refractivity contribution in [3.8, 4) is 0 Å². The van der Waals surface area contributed by atoms with E-state index >= 15 is 0 Å². The van der Waals surface area contributed by atoms with Gasteiger partial charge in [0.2, 0.25) is 5.90 Å². The van der Waals surface area contributed by atoms with Gasteiger partial charge in [-0.1, -0.05) is 5.16 Å². The molecular weight excluding hydrogens is 118 g/mol. The molecule has 1 saturated heterocycles. The first-order valence-corrected chi connectivity index (χ1v) is 2.91. The molecule has 1 atom stereocenters. The number of hydrogen-bond acceptors (Lipinski definition) is 4. The van der Waals surface area contributed by atoms with Gasteiger partial charge in [0.15, 0.2) is 0 Å². The predicted molar refractivity (Wildman–Crippen MR) is 32.6 cm³/mol. The zero-order valence-electron chi connectivity index (χ0n) is 4.85. The summed E-state index contributed by atoms with van der Waals surface area (Å²) >= 11 is 0. The third-order valence-corrected chi connectivity index (χ3v) is 1.63. The van der Waals surface area contributed by atoms with Crippen LogP contribution < -0.4 is 5.32 Å². The van der Waals surface area contributed by atoms with Crippen molar-refractivity contribution >= 4 is 11.6 Å². The molecule has 1 unspecified atom stereocenters. The van der Waals surface area contributed by atoms with E-state index in [9.17, 15) is 0 Å². The van der Waals surface area contributed by atoms with E-state index in [4.69, 9.17) is 5.41 Å². The van der Waals surface area contributed by atoms with Gasteiger partial charge in [0.05, 0.1) is 11.6 Å². The molecular formula is C5H7N3O. The maximum Gasteiger partial charge on any atom is 0.227 e. The fourth-order valence-electron chi connectivity index (χ4n) is 1.10. The Hall–Kier alpha value is -0.900. The van der Waals surface area contributed by atoms with Gasteiger partial charge in [0, 0.05) is 13.1 Å². The lowest BCUT2D eigenvalue weighted by Crippen LogP contribution is -2.16. The Balaban J connectivity index is 2.28. The summed E-state index contributed by atoms with van der Waals surface area (Å²) in [6.45, 7) is 1.60. The molecule has 2 aliphatic heterocycles. The van der Waals surface area contributed by atoms with Gasteiger partial charge < -0.3 is 10.2 Å². The molecule has 2 N–H and O–H groups in total. The summed E-state index contributed by atoms with van der Waals surface area (Å²) in [6.07, 6.45) is 0. The highest BCUT2D eigenvalue weighted by Crippen LogP contribution is 2.14. The molecule has 1 fully saturated rings. The monoisotopic (exact) mass is 125 g/mol. The van der Waals surface area contributed by atoms with Crippen LogP contribution in [-0.4, -0.2) is 24.7 Å². The third kappa shape index (κ3) is 0.564. The van der Waals surface area contributed by atoms with Gasteiger partial charge in [-0.2, -0.15) is 0 Å². The van der Waals surface area contributed by atoms with Crippen LogP contribution in [0.4, 0.5) is 0 Å². The van der Waals surface area contributed by atoms with Crippen LogP contribution in [0.1, 0.15) is 0 Å². The minimum absolute atomic E-state index is 0.144. The average molecular weight is 125 g/mol. The van der Waals surface area contributed by atoms with Crippen molar-refractivity contribution in [2.75, 3.05) is 13.1 Å². The Morgan fingerprint density at radius 3 is 3.44 bits per heavy atom. The van der Waals surface area contributed by atoms with E-state index in [1.807, 2.05) is 0 Å². The largest absolute Gasteiger partial charge is 0.341 e. The van der Waals surface area contributed by atoms with Gasteiger partial charge in [-0.25, -0.2) is 0 Å². The minimum atomic E-state index is 0.144. The predicted octanol–water partition coefficient (Wildman–Crippen LogP) is -0.431. The van der Waals surface area contributed by atoms with Crippen LogP contribution in [0, 0.1) is 11.3 Å². The molecule has 2 heterocycles. The molecule has 0 saturated carbocycles. The maximum absolute atomic E-state index is 7.20. The first-order chi connectivity index (χ1) is 4.38. The summed E-state index contributed by atoms with van der Waals surface area (Å²) in [7, 11) is 0. The molecule has 4 nitrogen and oxygen atoms in total. The average Bonchev–Trinajstić information content (AvgIpc) is 2.35. The van der Waals surface area contributed by atoms with Crippen molar-refractivity contribution in [1.82, 2.24) is 5.32 Å². The van der Waals surface area contributed by atoms with Gasteiger partial charge in [-0.05, 0) is 0 Å². The minimum Gasteiger partial charge on any atom is -0.341 e. The van der Waals surface area contributed by atoms with Gasteiger partial charge >= 0.3 is 0 Å². The second-order valence-electron chi connectivity index (χ2n) is 2.22. The number of hydrogen-bond donors (Lipinski definition) is 2. The highest BCUT2D eigenvalue weighted by atomic mass is 16.6. The smallest absolute Gasteiger partial charge is 0.227 e. The zero-order valence-corrected chi connectivity index (χ0v) is 4.85. The Morgan fingerprint density at radius 1 is 1.78 bits per heavy atom. The van der Waals surface area contributed by atoms with Gasteiger partial charge in [-0.3, -0.25) is 5.41 Å². The molecule has 4 heteroatoms. The molecule has 0 radical (unpaired) electrons. The summed E-state index contributed by atoms with van der Waals surface area (Å²) in [5, 5.41) is 14.0. The second-order valence-corrected chi connectivity index (χ2v) is 2.22. The molecule has 0 aromatic heterocycles. The second kappa shape index (κ2) is 1.54. The molecule has 0 amide bonds. The number of nitrogens with zero attached hydrogens (tertiary/aromatic N) is 1. The molecule has 0 aromatic rings. The molecule has 2 rings (SSSR count). The fraction of sp³-hybridized carbons (Fsp3) is 0.600. The van der Waals surface area contributed by atoms with E-state index in [0.29, 0.717) is 0 Å². The van der Waals surface area contributed by atoms with Crippen LogP contribution in [0.3, 0.4) is 0 Å². The van der Waals surface area contributed by atoms with E-state index in [2.05, 4.69) is 15.3 Å². The molecule has 48 valence electrons. The Bertz CT molecular complexity index is 187. The Kier molecular flexibility index (Phi) is 0.843. The van der Waals surface area contributed by atoms with E-state index in [1.54, 1.807) is 0 Å². The van der Waals surface area contributed by atoms with E-state index in [0.717, 1.165) is 18.8 Å². The summed E-state index contributed by atoms with van der Waals surface area (Å²) in [5.41, 5.74) is 0.972. The SMILES string of the molecule is N=C1ON=C2CNCC12. The van der Waals surface area contributed by atoms with E-state index < -0.39 is 0 Å². The first-order valence-electron chi connectivity index (χ1n) is 2.91. The molecule has 0 aliphatic carbocycles. The molecule has 0 bridgehead atoms. The third-order valence-electron chi connectivity index (χ3n) is 1.63. The topological polar surface area (TPSA) is 57.5 Å². The van der Waals surface area contributed by atoms with Crippen molar-refractivity contribution in [2.24, 2.45) is 11.1 Å². The fourth-order valence-corrected chi connectivity index (χ4v) is 1.10. The van der Waals surface area contributed by atoms with Crippen molar-refractivity contribution in [3.05, 3.63) is 0 Å². The van der Waals surface area contributed by atoms with Crippen molar-refractivity contribution < 1.29 is 4.84 Å². The maximum atomic E-state index is 7.20. The summed E-state index contributed by atoms with van der Waals surface area (Å²) in [4.78, 5) is 4.65. The lowest BCUT2D eigenvalue weighted by Gasteiger charge is -1.95. The van der Waals surface area contributed by atoms with Crippen LogP contribution in [-0.2, 0) is 4.84 Å². The van der Waals surface area contributed by atoms with Crippen molar-refractivity contribution in [3.63, 3.8) is 0 Å². The number of nitrogens with one attached hydrogen (secondary N) is 2. The van der Waals surface area contributed by atoms with E-state index in [-0.39, 0.29) is 11.8 Å². The van der Waals surface area contributed by atoms with Crippen LogP contribution >= 0.6 is 0 Å². The van der Waals surface area contributed by atoms with Crippen LogP contribution in [0.15, 0.2) is 5.16 Å². The zero-order chi connectivity index (χ0) is 6.27. The molecule has 2 aliphatic rings. The summed E-state index contributed by atoms with van der Waals surface area (Å²) in [5.74, 6) is 0.431. The summed E-state index contributed by atoms with van der Waals surface area (Å²) < 4.78 is 0. The molecule has 0 aromatic carbocycles. The van der Waals surface area contributed by atoms with Crippen LogP contribution in [0.2, 0.25) is 0 Å². The highest BCUT2D eigenvalue weighted by molar-refractivity contribution is 6.08. The first kappa shape index (κ1) is 4.93. The van der Waals surface area contributed by atoms with Crippen molar-refractivity contribution in [1.29, 1.82) is 5.41 Å². The van der Waals surface area contributed by atoms with Gasteiger partial charge in [0.1, 0.15) is 0 Å². The lowest BCUT2D eigenvalue weighted by atomic mass is 10.1. The normalized spacial score (nSPS) is 31.8. The van der Waals surface area contributed by atoms with E-state index in [1.165, 1.54) is 0 Å².